The molecule has 3 N–H and O–H groups in total. The van der Waals surface area contributed by atoms with E-state index in [1.54, 1.807) is 6.20 Å². The average Bonchev–Trinajstić information content (AvgIpc) is 2.10. The highest BCUT2D eigenvalue weighted by atomic mass is 79.9. The third-order valence-electron chi connectivity index (χ3n) is 1.89. The van der Waals surface area contributed by atoms with Crippen molar-refractivity contribution in [1.29, 1.82) is 0 Å². The number of rotatable bonds is 3. The molecule has 0 amide bonds. The zero-order valence-corrected chi connectivity index (χ0v) is 9.08. The number of nitrogens with zero attached hydrogens (tertiary/aromatic N) is 1. The zero-order valence-electron chi connectivity index (χ0n) is 7.50. The molecule has 1 atom stereocenters. The molecule has 0 radical (unpaired) electrons. The molecule has 1 rings (SSSR count). The second kappa shape index (κ2) is 4.69. The van der Waals surface area contributed by atoms with Gasteiger partial charge in [0.05, 0.1) is 5.69 Å². The summed E-state index contributed by atoms with van der Waals surface area (Å²) in [5.74, 6) is 0. The van der Waals surface area contributed by atoms with Gasteiger partial charge >= 0.3 is 0 Å². The molecule has 0 aliphatic rings. The second-order valence-corrected chi connectivity index (χ2v) is 3.83. The lowest BCUT2D eigenvalue weighted by Crippen LogP contribution is -2.13. The second-order valence-electron chi connectivity index (χ2n) is 2.98. The van der Waals surface area contributed by atoms with E-state index in [0.717, 1.165) is 15.7 Å². The highest BCUT2D eigenvalue weighted by Gasteiger charge is 2.07. The first-order valence-corrected chi connectivity index (χ1v) is 4.93. The smallest absolute Gasteiger partial charge is 0.0575 e. The van der Waals surface area contributed by atoms with Crippen molar-refractivity contribution in [3.63, 3.8) is 0 Å². The number of pyridine rings is 1. The summed E-state index contributed by atoms with van der Waals surface area (Å²) in [7, 11) is 0. The van der Waals surface area contributed by atoms with Crippen LogP contribution in [0.5, 0.6) is 0 Å². The van der Waals surface area contributed by atoms with E-state index in [0.29, 0.717) is 6.42 Å². The molecule has 1 heterocycles. The Morgan fingerprint density at radius 1 is 1.69 bits per heavy atom. The normalized spacial score (nSPS) is 12.9. The third kappa shape index (κ3) is 2.76. The van der Waals surface area contributed by atoms with Gasteiger partial charge in [0.1, 0.15) is 0 Å². The summed E-state index contributed by atoms with van der Waals surface area (Å²) in [6, 6.07) is 1.77. The number of nitrogens with two attached hydrogens (primary N) is 1. The van der Waals surface area contributed by atoms with Gasteiger partial charge in [-0.3, -0.25) is 4.98 Å². The fourth-order valence-electron chi connectivity index (χ4n) is 1.05. The molecule has 1 aromatic rings. The minimum Gasteiger partial charge on any atom is -0.396 e. The van der Waals surface area contributed by atoms with Gasteiger partial charge < -0.3 is 10.8 Å². The summed E-state index contributed by atoms with van der Waals surface area (Å²) in [6.45, 7) is 2.08. The van der Waals surface area contributed by atoms with Crippen LogP contribution in [0.2, 0.25) is 0 Å². The molecule has 0 saturated heterocycles. The van der Waals surface area contributed by atoms with Crippen molar-refractivity contribution in [2.75, 3.05) is 6.61 Å². The molecule has 0 bridgehead atoms. The van der Waals surface area contributed by atoms with Gasteiger partial charge in [0.15, 0.2) is 0 Å². The lowest BCUT2D eigenvalue weighted by atomic mass is 10.1. The van der Waals surface area contributed by atoms with E-state index in [9.17, 15) is 0 Å². The van der Waals surface area contributed by atoms with Crippen LogP contribution < -0.4 is 5.73 Å². The average molecular weight is 245 g/mol. The van der Waals surface area contributed by atoms with Gasteiger partial charge in [-0.05, 0) is 40.9 Å². The van der Waals surface area contributed by atoms with Gasteiger partial charge in [-0.1, -0.05) is 0 Å². The first-order chi connectivity index (χ1) is 6.15. The monoisotopic (exact) mass is 244 g/mol. The van der Waals surface area contributed by atoms with Gasteiger partial charge in [-0.15, -0.1) is 0 Å². The molecule has 0 spiro atoms. The number of hydrogen-bond acceptors (Lipinski definition) is 3. The Labute approximate surface area is 86.1 Å². The number of halogens is 1. The van der Waals surface area contributed by atoms with E-state index in [2.05, 4.69) is 20.9 Å². The summed E-state index contributed by atoms with van der Waals surface area (Å²) < 4.78 is 0.979. The lowest BCUT2D eigenvalue weighted by molar-refractivity contribution is 0.275. The van der Waals surface area contributed by atoms with Crippen molar-refractivity contribution in [3.8, 4) is 0 Å². The van der Waals surface area contributed by atoms with Crippen LogP contribution in [0.3, 0.4) is 0 Å². The van der Waals surface area contributed by atoms with Crippen LogP contribution in [0.25, 0.3) is 0 Å². The number of hydrogen-bond donors (Lipinski definition) is 2. The van der Waals surface area contributed by atoms with Crippen LogP contribution in [-0.2, 0) is 0 Å². The van der Waals surface area contributed by atoms with Gasteiger partial charge in [0.25, 0.3) is 0 Å². The summed E-state index contributed by atoms with van der Waals surface area (Å²) in [5.41, 5.74) is 7.72. The van der Waals surface area contributed by atoms with Gasteiger partial charge in [-0.2, -0.15) is 0 Å². The Morgan fingerprint density at radius 3 is 2.92 bits per heavy atom. The van der Waals surface area contributed by atoms with Crippen molar-refractivity contribution in [3.05, 3.63) is 28.0 Å². The van der Waals surface area contributed by atoms with E-state index in [-0.39, 0.29) is 12.6 Å². The zero-order chi connectivity index (χ0) is 9.84. The first kappa shape index (κ1) is 10.6. The third-order valence-corrected chi connectivity index (χ3v) is 2.72. The Bertz CT molecular complexity index is 291. The summed E-state index contributed by atoms with van der Waals surface area (Å²) in [6.07, 6.45) is 2.29. The quantitative estimate of drug-likeness (QED) is 0.849. The van der Waals surface area contributed by atoms with Crippen molar-refractivity contribution < 1.29 is 5.11 Å². The van der Waals surface area contributed by atoms with E-state index in [1.807, 2.05) is 13.0 Å². The van der Waals surface area contributed by atoms with Crippen LogP contribution in [0, 0.1) is 6.92 Å². The lowest BCUT2D eigenvalue weighted by Gasteiger charge is -2.10. The standard InChI is InChI=1S/C9H13BrN2O/c1-6-4-9(8(11)2-3-13)12-5-7(6)10/h4-5,8,13H,2-3,11H2,1H3/t8-/m0/s1. The molecule has 13 heavy (non-hydrogen) atoms. The Kier molecular flexibility index (Phi) is 3.84. The maximum Gasteiger partial charge on any atom is 0.0575 e. The summed E-state index contributed by atoms with van der Waals surface area (Å²) in [4.78, 5) is 4.17. The predicted octanol–water partition coefficient (Wildman–Crippen LogP) is 1.53. The van der Waals surface area contributed by atoms with Crippen LogP contribution in [0.1, 0.15) is 23.7 Å². The number of aromatic nitrogens is 1. The molecule has 3 nitrogen and oxygen atoms in total. The first-order valence-electron chi connectivity index (χ1n) is 4.13. The van der Waals surface area contributed by atoms with Crippen molar-refractivity contribution >= 4 is 15.9 Å². The van der Waals surface area contributed by atoms with E-state index >= 15 is 0 Å². The Morgan fingerprint density at radius 2 is 2.38 bits per heavy atom. The van der Waals surface area contributed by atoms with Crippen LogP contribution in [0.15, 0.2) is 16.7 Å². The van der Waals surface area contributed by atoms with Crippen molar-refractivity contribution in [1.82, 2.24) is 4.98 Å². The molecule has 0 unspecified atom stereocenters. The number of aryl methyl sites for hydroxylation is 1. The fourth-order valence-corrected chi connectivity index (χ4v) is 1.27. The molecule has 0 aliphatic carbocycles. The van der Waals surface area contributed by atoms with E-state index < -0.39 is 0 Å². The Hall–Kier alpha value is -0.450. The highest BCUT2D eigenvalue weighted by molar-refractivity contribution is 9.10. The molecule has 0 aliphatic heterocycles. The van der Waals surface area contributed by atoms with Gasteiger partial charge in [0, 0.05) is 23.3 Å². The van der Waals surface area contributed by atoms with E-state index in [1.165, 1.54) is 0 Å². The molecule has 0 aromatic carbocycles. The maximum absolute atomic E-state index is 8.70. The maximum atomic E-state index is 8.70. The predicted molar refractivity (Wildman–Crippen MR) is 55.3 cm³/mol. The summed E-state index contributed by atoms with van der Waals surface area (Å²) >= 11 is 3.36. The SMILES string of the molecule is Cc1cc([C@@H](N)CCO)ncc1Br. The molecule has 0 fully saturated rings. The largest absolute Gasteiger partial charge is 0.396 e. The molecular weight excluding hydrogens is 232 g/mol. The topological polar surface area (TPSA) is 59.1 Å². The van der Waals surface area contributed by atoms with Gasteiger partial charge in [0.2, 0.25) is 0 Å². The molecular formula is C9H13BrN2O. The molecule has 72 valence electrons. The van der Waals surface area contributed by atoms with E-state index in [4.69, 9.17) is 10.8 Å². The van der Waals surface area contributed by atoms with Gasteiger partial charge in [-0.25, -0.2) is 0 Å². The van der Waals surface area contributed by atoms with Crippen molar-refractivity contribution in [2.45, 2.75) is 19.4 Å². The highest BCUT2D eigenvalue weighted by Crippen LogP contribution is 2.18. The number of aliphatic hydroxyl groups is 1. The van der Waals surface area contributed by atoms with Crippen molar-refractivity contribution in [2.24, 2.45) is 5.73 Å². The van der Waals surface area contributed by atoms with Crippen LogP contribution in [0.4, 0.5) is 0 Å². The minimum absolute atomic E-state index is 0.0952. The molecule has 1 aromatic heterocycles. The Balaban J connectivity index is 2.84. The molecule has 0 saturated carbocycles. The minimum atomic E-state index is -0.170. The van der Waals surface area contributed by atoms with Crippen LogP contribution >= 0.6 is 15.9 Å². The fraction of sp³-hybridized carbons (Fsp3) is 0.444. The number of aliphatic hydroxyl groups excluding tert-OH is 1. The molecule has 4 heteroatoms. The summed E-state index contributed by atoms with van der Waals surface area (Å²) in [5, 5.41) is 8.70. The van der Waals surface area contributed by atoms with Crippen LogP contribution in [-0.4, -0.2) is 16.7 Å².